The highest BCUT2D eigenvalue weighted by molar-refractivity contribution is 5.77. The van der Waals surface area contributed by atoms with Crippen molar-refractivity contribution in [3.05, 3.63) is 67.6 Å². The first-order valence-electron chi connectivity index (χ1n) is 9.71. The molecule has 0 aliphatic rings. The molecule has 10 nitrogen and oxygen atoms in total. The van der Waals surface area contributed by atoms with Crippen LogP contribution in [0.4, 0.5) is 0 Å². The van der Waals surface area contributed by atoms with Gasteiger partial charge < -0.3 is 9.55 Å². The van der Waals surface area contributed by atoms with Gasteiger partial charge in [0.05, 0.1) is 23.8 Å². The third-order valence-corrected chi connectivity index (χ3v) is 5.36. The first-order valence-corrected chi connectivity index (χ1v) is 9.71. The van der Waals surface area contributed by atoms with Crippen LogP contribution in [0.1, 0.15) is 12.7 Å². The van der Waals surface area contributed by atoms with Crippen LogP contribution in [0, 0.1) is 0 Å². The number of hydrogen-bond donors (Lipinski definition) is 1. The van der Waals surface area contributed by atoms with E-state index in [1.165, 1.54) is 11.6 Å². The van der Waals surface area contributed by atoms with Gasteiger partial charge in [0, 0.05) is 27.2 Å². The van der Waals surface area contributed by atoms with Gasteiger partial charge in [0.15, 0.2) is 11.2 Å². The van der Waals surface area contributed by atoms with Gasteiger partial charge in [0.25, 0.3) is 11.1 Å². The molecule has 0 atom stereocenters. The van der Waals surface area contributed by atoms with Crippen LogP contribution >= 0.6 is 0 Å². The monoisotopic (exact) mass is 409 g/mol. The lowest BCUT2D eigenvalue weighted by Gasteiger charge is -2.20. The van der Waals surface area contributed by atoms with Crippen molar-refractivity contribution in [3.63, 3.8) is 0 Å². The fourth-order valence-corrected chi connectivity index (χ4v) is 3.59. The molecule has 4 aromatic rings. The molecule has 0 radical (unpaired) electrons. The van der Waals surface area contributed by atoms with Crippen LogP contribution < -0.4 is 16.8 Å². The Kier molecular flexibility index (Phi) is 5.08. The predicted molar refractivity (Wildman–Crippen MR) is 114 cm³/mol. The Morgan fingerprint density at radius 1 is 1.10 bits per heavy atom. The van der Waals surface area contributed by atoms with Gasteiger partial charge in [-0.25, -0.2) is 14.8 Å². The molecule has 0 aliphatic heterocycles. The summed E-state index contributed by atoms with van der Waals surface area (Å²) in [6.45, 7) is 4.35. The Labute approximate surface area is 171 Å². The van der Waals surface area contributed by atoms with Gasteiger partial charge in [0.2, 0.25) is 0 Å². The van der Waals surface area contributed by atoms with E-state index < -0.39 is 5.69 Å². The van der Waals surface area contributed by atoms with E-state index in [2.05, 4.69) is 19.9 Å². The maximum atomic E-state index is 12.6. The fraction of sp³-hybridized carbons (Fsp3) is 0.350. The molecule has 0 saturated carbocycles. The van der Waals surface area contributed by atoms with Gasteiger partial charge in [0.1, 0.15) is 5.82 Å². The fourth-order valence-electron chi connectivity index (χ4n) is 3.59. The summed E-state index contributed by atoms with van der Waals surface area (Å²) in [7, 11) is 3.06. The highest BCUT2D eigenvalue weighted by Gasteiger charge is 2.15. The topological polar surface area (TPSA) is 111 Å². The van der Waals surface area contributed by atoms with Crippen LogP contribution in [-0.4, -0.2) is 46.6 Å². The largest absolute Gasteiger partial charge is 0.332 e. The lowest BCUT2D eigenvalue weighted by molar-refractivity contribution is 0.262. The smallest absolute Gasteiger partial charge is 0.323 e. The van der Waals surface area contributed by atoms with Crippen molar-refractivity contribution < 1.29 is 0 Å². The molecular formula is C20H23N7O3. The Bertz CT molecular complexity index is 1410. The summed E-state index contributed by atoms with van der Waals surface area (Å²) in [6.07, 6.45) is 1.58. The number of aromatic nitrogens is 6. The summed E-state index contributed by atoms with van der Waals surface area (Å²) in [5, 5.41) is 0.565. The van der Waals surface area contributed by atoms with Gasteiger partial charge in [-0.1, -0.05) is 19.1 Å². The van der Waals surface area contributed by atoms with E-state index >= 15 is 0 Å². The number of benzene rings is 1. The normalized spacial score (nSPS) is 11.7. The molecule has 1 aromatic carbocycles. The molecule has 3 aromatic heterocycles. The van der Waals surface area contributed by atoms with E-state index in [1.54, 1.807) is 24.0 Å². The number of nitrogens with zero attached hydrogens (tertiary/aromatic N) is 6. The highest BCUT2D eigenvalue weighted by Crippen LogP contribution is 2.09. The summed E-state index contributed by atoms with van der Waals surface area (Å²) < 4.78 is 4.22. The summed E-state index contributed by atoms with van der Waals surface area (Å²) >= 11 is 0. The second-order valence-corrected chi connectivity index (χ2v) is 7.21. The number of para-hydroxylation sites is 1. The number of likely N-dealkylation sites (N-methyl/N-ethyl adjacent to an activating group) is 1. The summed E-state index contributed by atoms with van der Waals surface area (Å²) in [5.41, 5.74) is 0.502. The number of rotatable bonds is 6. The predicted octanol–water partition coefficient (Wildman–Crippen LogP) is 0.192. The van der Waals surface area contributed by atoms with E-state index in [-0.39, 0.29) is 11.1 Å². The van der Waals surface area contributed by atoms with E-state index in [1.807, 2.05) is 25.1 Å². The molecule has 1 N–H and O–H groups in total. The number of hydrogen-bond acceptors (Lipinski definition) is 6. The Balaban J connectivity index is 1.58. The molecule has 30 heavy (non-hydrogen) atoms. The van der Waals surface area contributed by atoms with Gasteiger partial charge >= 0.3 is 5.69 Å². The minimum atomic E-state index is -0.403. The van der Waals surface area contributed by atoms with Crippen LogP contribution in [-0.2, 0) is 27.2 Å². The molecule has 0 unspecified atom stereocenters. The number of H-pyrrole nitrogens is 1. The Morgan fingerprint density at radius 3 is 2.63 bits per heavy atom. The third kappa shape index (κ3) is 3.35. The average molecular weight is 409 g/mol. The van der Waals surface area contributed by atoms with Crippen molar-refractivity contribution in [2.45, 2.75) is 20.0 Å². The van der Waals surface area contributed by atoms with E-state index in [4.69, 9.17) is 0 Å². The summed E-state index contributed by atoms with van der Waals surface area (Å²) in [4.78, 5) is 50.7. The van der Waals surface area contributed by atoms with Crippen LogP contribution in [0.25, 0.3) is 22.1 Å². The van der Waals surface area contributed by atoms with Crippen molar-refractivity contribution in [2.24, 2.45) is 14.1 Å². The SMILES string of the molecule is CCN(CCn1cnc2c1c(=O)n(C)c(=O)n2C)Cc1nc2ccccc2c(=O)[nH]1. The number of nitrogens with one attached hydrogen (secondary N) is 1. The van der Waals surface area contributed by atoms with Gasteiger partial charge in [-0.05, 0) is 18.7 Å². The van der Waals surface area contributed by atoms with E-state index in [0.29, 0.717) is 47.5 Å². The minimum absolute atomic E-state index is 0.156. The Morgan fingerprint density at radius 2 is 1.87 bits per heavy atom. The van der Waals surface area contributed by atoms with Crippen molar-refractivity contribution in [2.75, 3.05) is 13.1 Å². The molecule has 4 rings (SSSR count). The molecule has 0 bridgehead atoms. The molecule has 0 amide bonds. The standard InChI is InChI=1S/C20H23N7O3/c1-4-26(11-15-22-14-8-6-5-7-13(14)18(28)23-15)9-10-27-12-21-17-16(27)19(29)25(3)20(30)24(17)2/h5-8,12H,4,9-11H2,1-3H3,(H,22,23,28). The van der Waals surface area contributed by atoms with Gasteiger partial charge in [-0.2, -0.15) is 0 Å². The second-order valence-electron chi connectivity index (χ2n) is 7.21. The zero-order chi connectivity index (χ0) is 21.4. The van der Waals surface area contributed by atoms with Crippen molar-refractivity contribution in [1.82, 2.24) is 33.6 Å². The molecule has 3 heterocycles. The molecule has 10 heteroatoms. The average Bonchev–Trinajstić information content (AvgIpc) is 3.18. The quantitative estimate of drug-likeness (QED) is 0.487. The molecule has 156 valence electrons. The second kappa shape index (κ2) is 7.71. The maximum Gasteiger partial charge on any atom is 0.332 e. The van der Waals surface area contributed by atoms with Crippen LogP contribution in [0.15, 0.2) is 45.0 Å². The number of aryl methyl sites for hydroxylation is 1. The van der Waals surface area contributed by atoms with Gasteiger partial charge in [-0.15, -0.1) is 0 Å². The third-order valence-electron chi connectivity index (χ3n) is 5.36. The zero-order valence-electron chi connectivity index (χ0n) is 17.1. The van der Waals surface area contributed by atoms with Gasteiger partial charge in [-0.3, -0.25) is 23.6 Å². The number of imidazole rings is 1. The summed E-state index contributed by atoms with van der Waals surface area (Å²) in [6, 6.07) is 7.24. The maximum absolute atomic E-state index is 12.6. The zero-order valence-corrected chi connectivity index (χ0v) is 17.1. The highest BCUT2D eigenvalue weighted by atomic mass is 16.2. The summed E-state index contributed by atoms with van der Waals surface area (Å²) in [5.74, 6) is 0.592. The molecular weight excluding hydrogens is 386 g/mol. The van der Waals surface area contributed by atoms with Crippen LogP contribution in [0.5, 0.6) is 0 Å². The lowest BCUT2D eigenvalue weighted by atomic mass is 10.2. The molecule has 0 fully saturated rings. The first-order chi connectivity index (χ1) is 14.4. The van der Waals surface area contributed by atoms with E-state index in [9.17, 15) is 14.4 Å². The number of fused-ring (bicyclic) bond motifs is 2. The molecule has 0 saturated heterocycles. The van der Waals surface area contributed by atoms with Crippen molar-refractivity contribution in [1.29, 1.82) is 0 Å². The van der Waals surface area contributed by atoms with Crippen molar-refractivity contribution in [3.8, 4) is 0 Å². The first kappa shape index (κ1) is 19.8. The van der Waals surface area contributed by atoms with Crippen LogP contribution in [0.2, 0.25) is 0 Å². The van der Waals surface area contributed by atoms with Crippen LogP contribution in [0.3, 0.4) is 0 Å². The Hall–Kier alpha value is -3.53. The minimum Gasteiger partial charge on any atom is -0.323 e. The number of aromatic amines is 1. The molecule has 0 aliphatic carbocycles. The van der Waals surface area contributed by atoms with Crippen molar-refractivity contribution >= 4 is 22.1 Å². The molecule has 0 spiro atoms. The van der Waals surface area contributed by atoms with E-state index in [0.717, 1.165) is 11.1 Å². The lowest BCUT2D eigenvalue weighted by Crippen LogP contribution is -2.38.